The molecule has 0 spiro atoms. The summed E-state index contributed by atoms with van der Waals surface area (Å²) in [4.78, 5) is 33.8. The van der Waals surface area contributed by atoms with Crippen molar-refractivity contribution in [1.82, 2.24) is 15.0 Å². The number of carbonyl (C=O) groups is 2. The lowest BCUT2D eigenvalue weighted by molar-refractivity contribution is -0.140. The van der Waals surface area contributed by atoms with Gasteiger partial charge in [0, 0.05) is 30.8 Å². The maximum atomic E-state index is 15.0. The quantitative estimate of drug-likeness (QED) is 0.822. The Balaban J connectivity index is 1.47. The molecule has 1 fully saturated rings. The van der Waals surface area contributed by atoms with E-state index in [1.54, 1.807) is 29.3 Å². The first kappa shape index (κ1) is 19.9. The normalized spacial score (nSPS) is 23.6. The molecule has 2 N–H and O–H groups in total. The van der Waals surface area contributed by atoms with Crippen molar-refractivity contribution in [1.29, 1.82) is 0 Å². The molecule has 0 aliphatic carbocycles. The van der Waals surface area contributed by atoms with E-state index in [2.05, 4.69) is 15.1 Å². The third-order valence-electron chi connectivity index (χ3n) is 5.41. The average Bonchev–Trinajstić information content (AvgIpc) is 3.23. The number of amides is 2. The van der Waals surface area contributed by atoms with Gasteiger partial charge in [0.25, 0.3) is 5.91 Å². The van der Waals surface area contributed by atoms with Crippen molar-refractivity contribution in [2.75, 3.05) is 18.0 Å². The molecule has 2 aliphatic heterocycles. The van der Waals surface area contributed by atoms with Gasteiger partial charge >= 0.3 is 0 Å². The third-order valence-corrected chi connectivity index (χ3v) is 5.41. The van der Waals surface area contributed by atoms with Gasteiger partial charge in [-0.2, -0.15) is 5.10 Å². The zero-order valence-electron chi connectivity index (χ0n) is 16.0. The second-order valence-electron chi connectivity index (χ2n) is 7.24. The van der Waals surface area contributed by atoms with Gasteiger partial charge in [0.05, 0.1) is 18.5 Å². The molecular weight excluding hydrogens is 394 g/mol. The number of halogens is 2. The van der Waals surface area contributed by atoms with Gasteiger partial charge in [0.15, 0.2) is 0 Å². The van der Waals surface area contributed by atoms with Crippen LogP contribution in [0.15, 0.2) is 41.8 Å². The van der Waals surface area contributed by atoms with E-state index in [0.29, 0.717) is 24.3 Å². The number of nitrogens with two attached hydrogens (primary N) is 1. The van der Waals surface area contributed by atoms with Crippen LogP contribution in [0.4, 0.5) is 14.6 Å². The molecule has 4 rings (SSSR count). The second-order valence-corrected chi connectivity index (χ2v) is 7.24. The van der Waals surface area contributed by atoms with Gasteiger partial charge < -0.3 is 10.6 Å². The van der Waals surface area contributed by atoms with Crippen LogP contribution in [-0.2, 0) is 4.79 Å². The predicted molar refractivity (Wildman–Crippen MR) is 105 cm³/mol. The molecule has 0 saturated carbocycles. The zero-order chi connectivity index (χ0) is 21.3. The Morgan fingerprint density at radius 3 is 2.73 bits per heavy atom. The molecule has 8 nitrogen and oxygen atoms in total. The number of hydrazone groups is 1. The van der Waals surface area contributed by atoms with Crippen molar-refractivity contribution < 1.29 is 18.4 Å². The molecule has 2 aromatic rings. The summed E-state index contributed by atoms with van der Waals surface area (Å²) in [5.74, 6) is -2.12. The fraction of sp³-hybridized carbons (Fsp3) is 0.350. The molecule has 156 valence electrons. The highest BCUT2D eigenvalue weighted by atomic mass is 19.1. The van der Waals surface area contributed by atoms with Crippen LogP contribution >= 0.6 is 0 Å². The molecule has 1 aromatic carbocycles. The maximum Gasteiger partial charge on any atom is 0.267 e. The molecule has 1 aromatic heterocycles. The van der Waals surface area contributed by atoms with Crippen molar-refractivity contribution >= 4 is 23.8 Å². The van der Waals surface area contributed by atoms with Crippen LogP contribution in [0.2, 0.25) is 0 Å². The number of anilines is 1. The average molecular weight is 414 g/mol. The van der Waals surface area contributed by atoms with Crippen molar-refractivity contribution in [3.05, 3.63) is 53.7 Å². The Kier molecular flexibility index (Phi) is 5.39. The smallest absolute Gasteiger partial charge is 0.267 e. The van der Waals surface area contributed by atoms with Gasteiger partial charge in [-0.1, -0.05) is 18.2 Å². The molecule has 10 heteroatoms. The van der Waals surface area contributed by atoms with E-state index in [4.69, 9.17) is 5.73 Å². The standard InChI is InChI=1S/C20H20F2N6O2/c21-14-4-2-1-3-12(14)17-5-7-26-28(17)20(30)13-6-8-27(10-15(13)22)18-9-16(19(23)29)24-11-25-18/h1-4,7,9,11,13,15,17H,5-6,8,10H2,(H2,23,29)/t13-,15+,17-/m0/s1. The second kappa shape index (κ2) is 8.13. The van der Waals surface area contributed by atoms with Crippen LogP contribution in [0.1, 0.15) is 34.9 Å². The highest BCUT2D eigenvalue weighted by Crippen LogP contribution is 2.34. The fourth-order valence-corrected chi connectivity index (χ4v) is 3.85. The van der Waals surface area contributed by atoms with E-state index in [1.165, 1.54) is 23.5 Å². The SMILES string of the molecule is NC(=O)c1cc(N2CC[C@H](C(=O)N3N=CC[C@H]3c3ccccc3F)[C@H](F)C2)ncn1. The Labute approximate surface area is 171 Å². The Morgan fingerprint density at radius 2 is 2.00 bits per heavy atom. The molecular formula is C20H20F2N6O2. The molecule has 0 radical (unpaired) electrons. The van der Waals surface area contributed by atoms with Crippen molar-refractivity contribution in [3.63, 3.8) is 0 Å². The van der Waals surface area contributed by atoms with Crippen molar-refractivity contribution in [3.8, 4) is 0 Å². The summed E-state index contributed by atoms with van der Waals surface area (Å²) in [5.41, 5.74) is 5.62. The van der Waals surface area contributed by atoms with Gasteiger partial charge in [-0.3, -0.25) is 9.59 Å². The minimum atomic E-state index is -1.48. The minimum absolute atomic E-state index is 0.0349. The number of carbonyl (C=O) groups excluding carboxylic acids is 2. The van der Waals surface area contributed by atoms with Gasteiger partial charge in [-0.15, -0.1) is 0 Å². The first-order valence-electron chi connectivity index (χ1n) is 9.56. The first-order chi connectivity index (χ1) is 14.5. The third kappa shape index (κ3) is 3.72. The summed E-state index contributed by atoms with van der Waals surface area (Å²) in [7, 11) is 0. The number of hydrogen-bond acceptors (Lipinski definition) is 6. The van der Waals surface area contributed by atoms with Crippen LogP contribution in [0, 0.1) is 11.7 Å². The Bertz CT molecular complexity index is 1000. The molecule has 30 heavy (non-hydrogen) atoms. The van der Waals surface area contributed by atoms with Gasteiger partial charge in [-0.25, -0.2) is 23.8 Å². The van der Waals surface area contributed by atoms with E-state index < -0.39 is 35.8 Å². The number of primary amides is 1. The van der Waals surface area contributed by atoms with Crippen LogP contribution < -0.4 is 10.6 Å². The number of aromatic nitrogens is 2. The van der Waals surface area contributed by atoms with Gasteiger partial charge in [-0.05, 0) is 12.5 Å². The largest absolute Gasteiger partial charge is 0.364 e. The molecule has 2 amide bonds. The predicted octanol–water partition coefficient (Wildman–Crippen LogP) is 1.84. The summed E-state index contributed by atoms with van der Waals surface area (Å²) < 4.78 is 29.2. The zero-order valence-corrected chi connectivity index (χ0v) is 16.0. The lowest BCUT2D eigenvalue weighted by Crippen LogP contribution is -2.48. The molecule has 1 saturated heterocycles. The van der Waals surface area contributed by atoms with E-state index in [9.17, 15) is 14.0 Å². The Hall–Kier alpha value is -3.43. The summed E-state index contributed by atoms with van der Waals surface area (Å²) in [6.07, 6.45) is 1.86. The van der Waals surface area contributed by atoms with E-state index >= 15 is 4.39 Å². The first-order valence-corrected chi connectivity index (χ1v) is 9.56. The van der Waals surface area contributed by atoms with Gasteiger partial charge in [0.2, 0.25) is 5.91 Å². The molecule has 3 heterocycles. The monoisotopic (exact) mass is 414 g/mol. The molecule has 0 bridgehead atoms. The lowest BCUT2D eigenvalue weighted by atomic mass is 9.92. The highest BCUT2D eigenvalue weighted by Gasteiger charge is 2.41. The van der Waals surface area contributed by atoms with Crippen LogP contribution in [0.5, 0.6) is 0 Å². The summed E-state index contributed by atoms with van der Waals surface area (Å²) in [5, 5.41) is 5.29. The van der Waals surface area contributed by atoms with Crippen molar-refractivity contribution in [2.45, 2.75) is 25.1 Å². The number of benzene rings is 1. The number of rotatable bonds is 4. The molecule has 2 aliphatic rings. The summed E-state index contributed by atoms with van der Waals surface area (Å²) in [6, 6.07) is 7.02. The van der Waals surface area contributed by atoms with Crippen LogP contribution in [0.25, 0.3) is 0 Å². The highest BCUT2D eigenvalue weighted by molar-refractivity contribution is 5.91. The fourth-order valence-electron chi connectivity index (χ4n) is 3.85. The summed E-state index contributed by atoms with van der Waals surface area (Å²) in [6.45, 7) is 0.279. The topological polar surface area (TPSA) is 105 Å². The van der Waals surface area contributed by atoms with E-state index in [0.717, 1.165) is 0 Å². The number of alkyl halides is 1. The maximum absolute atomic E-state index is 15.0. The number of hydrogen-bond donors (Lipinski definition) is 1. The van der Waals surface area contributed by atoms with Crippen LogP contribution in [-0.4, -0.2) is 52.3 Å². The van der Waals surface area contributed by atoms with E-state index in [-0.39, 0.29) is 18.7 Å². The number of nitrogens with zero attached hydrogens (tertiary/aromatic N) is 5. The lowest BCUT2D eigenvalue weighted by Gasteiger charge is -2.36. The van der Waals surface area contributed by atoms with E-state index in [1.807, 2.05) is 0 Å². The van der Waals surface area contributed by atoms with Crippen LogP contribution in [0.3, 0.4) is 0 Å². The summed E-state index contributed by atoms with van der Waals surface area (Å²) >= 11 is 0. The molecule has 3 atom stereocenters. The Morgan fingerprint density at radius 1 is 1.20 bits per heavy atom. The minimum Gasteiger partial charge on any atom is -0.364 e. The van der Waals surface area contributed by atoms with Crippen molar-refractivity contribution in [2.24, 2.45) is 16.8 Å². The number of piperidine rings is 1. The molecule has 0 unspecified atom stereocenters. The van der Waals surface area contributed by atoms with Gasteiger partial charge in [0.1, 0.15) is 29.8 Å².